The second-order valence-electron chi connectivity index (χ2n) is 10.3. The number of rotatable bonds is 10. The van der Waals surface area contributed by atoms with E-state index in [1.807, 2.05) is 25.1 Å². The molecule has 0 spiro atoms. The molecule has 184 valence electrons. The first-order valence-corrected chi connectivity index (χ1v) is 13.7. The molecule has 35 heavy (non-hydrogen) atoms. The van der Waals surface area contributed by atoms with Gasteiger partial charge in [-0.1, -0.05) is 78.9 Å². The summed E-state index contributed by atoms with van der Waals surface area (Å²) < 4.78 is 14.9. The Bertz CT molecular complexity index is 1130. The quantitative estimate of drug-likeness (QED) is 0.260. The highest BCUT2D eigenvalue weighted by Crippen LogP contribution is 2.37. The third-order valence-electron chi connectivity index (χ3n) is 7.89. The lowest BCUT2D eigenvalue weighted by atomic mass is 9.77. The normalized spacial score (nSPS) is 18.7. The van der Waals surface area contributed by atoms with Gasteiger partial charge in [0.15, 0.2) is 0 Å². The monoisotopic (exact) mass is 468 g/mol. The molecule has 0 nitrogen and oxygen atoms in total. The number of hydrogen-bond acceptors (Lipinski definition) is 0. The maximum atomic E-state index is 14.9. The minimum Gasteiger partial charge on any atom is -0.206 e. The van der Waals surface area contributed by atoms with Gasteiger partial charge < -0.3 is 0 Å². The molecule has 0 bridgehead atoms. The number of allylic oxidation sites excluding steroid dienone is 4. The highest BCUT2D eigenvalue weighted by molar-refractivity contribution is 5.84. The lowest BCUT2D eigenvalue weighted by molar-refractivity contribution is 0.312. The fraction of sp³-hybridized carbons (Fsp3) is 0.412. The van der Waals surface area contributed by atoms with Crippen molar-refractivity contribution in [1.29, 1.82) is 0 Å². The van der Waals surface area contributed by atoms with E-state index in [1.165, 1.54) is 55.2 Å². The molecule has 0 atom stereocenters. The van der Waals surface area contributed by atoms with Gasteiger partial charge in [0.2, 0.25) is 0 Å². The van der Waals surface area contributed by atoms with Gasteiger partial charge in [0.25, 0.3) is 0 Å². The van der Waals surface area contributed by atoms with Crippen LogP contribution in [0.1, 0.15) is 87.0 Å². The molecule has 1 fully saturated rings. The van der Waals surface area contributed by atoms with Gasteiger partial charge in [0.05, 0.1) is 0 Å². The summed E-state index contributed by atoms with van der Waals surface area (Å²) in [5.41, 5.74) is 5.00. The van der Waals surface area contributed by atoms with E-state index in [2.05, 4.69) is 67.6 Å². The van der Waals surface area contributed by atoms with Gasteiger partial charge in [-0.25, -0.2) is 4.39 Å². The van der Waals surface area contributed by atoms with Crippen LogP contribution in [0, 0.1) is 11.7 Å². The molecule has 0 amide bonds. The maximum absolute atomic E-state index is 14.9. The molecule has 0 radical (unpaired) electrons. The predicted molar refractivity (Wildman–Crippen MR) is 150 cm³/mol. The number of fused-ring (bicyclic) bond motifs is 1. The topological polar surface area (TPSA) is 0 Å². The van der Waals surface area contributed by atoms with Gasteiger partial charge in [-0.3, -0.25) is 0 Å². The first kappa shape index (κ1) is 25.4. The third kappa shape index (κ3) is 6.94. The zero-order valence-corrected chi connectivity index (χ0v) is 21.6. The van der Waals surface area contributed by atoms with Crippen LogP contribution in [0.5, 0.6) is 0 Å². The largest absolute Gasteiger partial charge is 0.206 e. The van der Waals surface area contributed by atoms with Crippen molar-refractivity contribution in [3.8, 4) is 0 Å². The van der Waals surface area contributed by atoms with Crippen LogP contribution in [0.4, 0.5) is 4.39 Å². The van der Waals surface area contributed by atoms with Crippen molar-refractivity contribution in [3.05, 3.63) is 107 Å². The van der Waals surface area contributed by atoms with E-state index < -0.39 is 0 Å². The Morgan fingerprint density at radius 1 is 0.743 bits per heavy atom. The Hall–Kier alpha value is -2.67. The van der Waals surface area contributed by atoms with Crippen LogP contribution < -0.4 is 0 Å². The van der Waals surface area contributed by atoms with Crippen LogP contribution in [0.25, 0.3) is 10.8 Å². The summed E-state index contributed by atoms with van der Waals surface area (Å²) in [6.45, 7) is 4.12. The lowest BCUT2D eigenvalue weighted by Crippen LogP contribution is -2.13. The summed E-state index contributed by atoms with van der Waals surface area (Å²) in [5, 5.41) is 1.75. The molecular formula is C34H41F. The summed E-state index contributed by atoms with van der Waals surface area (Å²) in [6, 6.07) is 19.7. The van der Waals surface area contributed by atoms with Gasteiger partial charge in [-0.15, -0.1) is 0 Å². The highest BCUT2D eigenvalue weighted by Gasteiger charge is 2.21. The molecule has 3 aromatic carbocycles. The van der Waals surface area contributed by atoms with Crippen LogP contribution in [0.3, 0.4) is 0 Å². The Morgan fingerprint density at radius 2 is 1.43 bits per heavy atom. The fourth-order valence-corrected chi connectivity index (χ4v) is 5.67. The third-order valence-corrected chi connectivity index (χ3v) is 7.89. The standard InChI is InChI=1S/C34H41F/c1-3-5-7-9-26-13-18-29(19-14-26)30-20-15-27(16-21-30)11-12-28-17-24-33-32(25-28)23-22-31(34(33)35)10-8-6-4-2/h3-6,15-17,20-26,29H,7-14,18-19H2,1-2H3/b5-3+,6-4+. The average molecular weight is 469 g/mol. The molecule has 1 heteroatoms. The summed E-state index contributed by atoms with van der Waals surface area (Å²) in [7, 11) is 0. The molecule has 1 saturated carbocycles. The van der Waals surface area contributed by atoms with Crippen LogP contribution in [0.2, 0.25) is 0 Å². The molecule has 1 aliphatic rings. The first-order valence-electron chi connectivity index (χ1n) is 13.7. The van der Waals surface area contributed by atoms with Gasteiger partial charge in [0.1, 0.15) is 5.82 Å². The smallest absolute Gasteiger partial charge is 0.134 e. The second-order valence-corrected chi connectivity index (χ2v) is 10.3. The van der Waals surface area contributed by atoms with E-state index in [0.29, 0.717) is 0 Å². The summed E-state index contributed by atoms with van der Waals surface area (Å²) in [6.07, 6.45) is 20.3. The summed E-state index contributed by atoms with van der Waals surface area (Å²) >= 11 is 0. The van der Waals surface area contributed by atoms with Crippen LogP contribution >= 0.6 is 0 Å². The van der Waals surface area contributed by atoms with Crippen molar-refractivity contribution < 1.29 is 4.39 Å². The summed E-state index contributed by atoms with van der Waals surface area (Å²) in [5.74, 6) is 1.60. The Balaban J connectivity index is 1.31. The maximum Gasteiger partial charge on any atom is 0.134 e. The fourth-order valence-electron chi connectivity index (χ4n) is 5.67. The lowest BCUT2D eigenvalue weighted by Gasteiger charge is -2.28. The minimum atomic E-state index is -0.0547. The number of aryl methyl sites for hydroxylation is 3. The molecule has 4 rings (SSSR count). The first-order chi connectivity index (χ1) is 17.2. The van der Waals surface area contributed by atoms with E-state index in [9.17, 15) is 4.39 Å². The Kier molecular flexibility index (Phi) is 9.35. The van der Waals surface area contributed by atoms with Crippen molar-refractivity contribution in [2.75, 3.05) is 0 Å². The van der Waals surface area contributed by atoms with Crippen LogP contribution in [-0.4, -0.2) is 0 Å². The predicted octanol–water partition coefficient (Wildman–Crippen LogP) is 9.90. The number of benzene rings is 3. The van der Waals surface area contributed by atoms with E-state index in [4.69, 9.17) is 0 Å². The molecule has 0 unspecified atom stereocenters. The Morgan fingerprint density at radius 3 is 2.17 bits per heavy atom. The van der Waals surface area contributed by atoms with E-state index in [1.54, 1.807) is 0 Å². The molecular weight excluding hydrogens is 427 g/mol. The zero-order chi connectivity index (χ0) is 24.5. The molecule has 0 aliphatic heterocycles. The molecule has 0 saturated heterocycles. The van der Waals surface area contributed by atoms with Gasteiger partial charge >= 0.3 is 0 Å². The highest BCUT2D eigenvalue weighted by atomic mass is 19.1. The van der Waals surface area contributed by atoms with Gasteiger partial charge in [0, 0.05) is 5.39 Å². The van der Waals surface area contributed by atoms with E-state index in [-0.39, 0.29) is 5.82 Å². The van der Waals surface area contributed by atoms with Crippen molar-refractivity contribution in [2.45, 2.75) is 84.0 Å². The van der Waals surface area contributed by atoms with Crippen LogP contribution in [-0.2, 0) is 19.3 Å². The molecule has 0 heterocycles. The SMILES string of the molecule is C/C=C/CCc1ccc2cc(CCc3ccc(C4CCC(CC/C=C/C)CC4)cc3)ccc2c1F. The van der Waals surface area contributed by atoms with Crippen molar-refractivity contribution in [2.24, 2.45) is 5.92 Å². The van der Waals surface area contributed by atoms with Crippen molar-refractivity contribution >= 4 is 10.8 Å². The number of hydrogen-bond donors (Lipinski definition) is 0. The van der Waals surface area contributed by atoms with Gasteiger partial charge in [-0.2, -0.15) is 0 Å². The molecule has 0 N–H and O–H groups in total. The van der Waals surface area contributed by atoms with Crippen molar-refractivity contribution in [3.63, 3.8) is 0 Å². The van der Waals surface area contributed by atoms with Crippen LogP contribution in [0.15, 0.2) is 78.9 Å². The Labute approximate surface area is 212 Å². The average Bonchev–Trinajstić information content (AvgIpc) is 2.90. The summed E-state index contributed by atoms with van der Waals surface area (Å²) in [4.78, 5) is 0. The van der Waals surface area contributed by atoms with E-state index >= 15 is 0 Å². The zero-order valence-electron chi connectivity index (χ0n) is 21.6. The van der Waals surface area contributed by atoms with Gasteiger partial charge in [-0.05, 0) is 118 Å². The number of halogens is 1. The van der Waals surface area contributed by atoms with Crippen molar-refractivity contribution in [1.82, 2.24) is 0 Å². The van der Waals surface area contributed by atoms with E-state index in [0.717, 1.165) is 53.9 Å². The molecule has 3 aromatic rings. The second kappa shape index (κ2) is 12.9. The molecule has 1 aliphatic carbocycles. The molecule has 0 aromatic heterocycles. The minimum absolute atomic E-state index is 0.0547.